The molecular formula is C12H19BrN2. The van der Waals surface area contributed by atoms with Gasteiger partial charge in [-0.15, -0.1) is 0 Å². The van der Waals surface area contributed by atoms with Crippen LogP contribution in [0, 0.1) is 6.92 Å². The van der Waals surface area contributed by atoms with Crippen LogP contribution in [0.2, 0.25) is 0 Å². The van der Waals surface area contributed by atoms with Crippen molar-refractivity contribution < 1.29 is 0 Å². The highest BCUT2D eigenvalue weighted by atomic mass is 79.9. The lowest BCUT2D eigenvalue weighted by molar-refractivity contribution is 0.652. The Labute approximate surface area is 100 Å². The van der Waals surface area contributed by atoms with Crippen LogP contribution < -0.4 is 11.1 Å². The monoisotopic (exact) mass is 270 g/mol. The number of rotatable bonds is 6. The zero-order valence-electron chi connectivity index (χ0n) is 9.22. The molecule has 0 bridgehead atoms. The normalized spacial score (nSPS) is 10.6. The molecule has 84 valence electrons. The lowest BCUT2D eigenvalue weighted by Crippen LogP contribution is -2.21. The zero-order chi connectivity index (χ0) is 11.1. The molecule has 3 heteroatoms. The topological polar surface area (TPSA) is 38.0 Å². The van der Waals surface area contributed by atoms with Gasteiger partial charge in [-0.3, -0.25) is 0 Å². The van der Waals surface area contributed by atoms with E-state index in [1.165, 1.54) is 11.1 Å². The third-order valence-electron chi connectivity index (χ3n) is 2.44. The largest absolute Gasteiger partial charge is 0.330 e. The van der Waals surface area contributed by atoms with Crippen LogP contribution >= 0.6 is 15.9 Å². The number of nitrogens with two attached hydrogens (primary N) is 1. The number of hydrogen-bond donors (Lipinski definition) is 2. The summed E-state index contributed by atoms with van der Waals surface area (Å²) in [7, 11) is 0. The number of nitrogens with one attached hydrogen (secondary N) is 1. The second kappa shape index (κ2) is 6.99. The Kier molecular flexibility index (Phi) is 5.91. The van der Waals surface area contributed by atoms with Gasteiger partial charge in [-0.25, -0.2) is 0 Å². The summed E-state index contributed by atoms with van der Waals surface area (Å²) < 4.78 is 1.16. The van der Waals surface area contributed by atoms with E-state index in [0.29, 0.717) is 0 Å². The van der Waals surface area contributed by atoms with Crippen molar-refractivity contribution in [2.75, 3.05) is 19.6 Å². The Hall–Kier alpha value is -0.380. The van der Waals surface area contributed by atoms with Crippen molar-refractivity contribution in [3.8, 4) is 0 Å². The van der Waals surface area contributed by atoms with E-state index in [2.05, 4.69) is 46.4 Å². The highest BCUT2D eigenvalue weighted by Crippen LogP contribution is 2.16. The highest BCUT2D eigenvalue weighted by molar-refractivity contribution is 9.10. The van der Waals surface area contributed by atoms with E-state index in [1.807, 2.05) is 0 Å². The van der Waals surface area contributed by atoms with Gasteiger partial charge >= 0.3 is 0 Å². The van der Waals surface area contributed by atoms with Gasteiger partial charge in [0.15, 0.2) is 0 Å². The first-order chi connectivity index (χ1) is 7.24. The molecule has 0 aliphatic rings. The molecule has 0 saturated heterocycles. The maximum absolute atomic E-state index is 5.42. The van der Waals surface area contributed by atoms with Crippen LogP contribution in [-0.2, 0) is 6.42 Å². The van der Waals surface area contributed by atoms with Gasteiger partial charge in [0.1, 0.15) is 0 Å². The van der Waals surface area contributed by atoms with Crippen LogP contribution in [0.1, 0.15) is 17.5 Å². The third-order valence-corrected chi connectivity index (χ3v) is 2.93. The van der Waals surface area contributed by atoms with E-state index < -0.39 is 0 Å². The summed E-state index contributed by atoms with van der Waals surface area (Å²) in [6.07, 6.45) is 2.13. The minimum absolute atomic E-state index is 0.767. The van der Waals surface area contributed by atoms with Crippen LogP contribution in [0.15, 0.2) is 22.7 Å². The van der Waals surface area contributed by atoms with Crippen molar-refractivity contribution in [1.29, 1.82) is 0 Å². The van der Waals surface area contributed by atoms with Crippen LogP contribution in [0.4, 0.5) is 0 Å². The molecule has 0 saturated carbocycles. The van der Waals surface area contributed by atoms with Gasteiger partial charge in [0, 0.05) is 4.47 Å². The molecule has 0 aliphatic carbocycles. The van der Waals surface area contributed by atoms with E-state index in [9.17, 15) is 0 Å². The zero-order valence-corrected chi connectivity index (χ0v) is 10.8. The number of hydrogen-bond acceptors (Lipinski definition) is 2. The molecule has 0 spiro atoms. The Morgan fingerprint density at radius 1 is 1.33 bits per heavy atom. The molecule has 0 atom stereocenters. The summed E-state index contributed by atoms with van der Waals surface area (Å²) in [6.45, 7) is 4.96. The molecule has 0 radical (unpaired) electrons. The molecular weight excluding hydrogens is 252 g/mol. The third kappa shape index (κ3) is 4.78. The van der Waals surface area contributed by atoms with Gasteiger partial charge in [0.25, 0.3) is 0 Å². The molecule has 1 aromatic rings. The summed E-state index contributed by atoms with van der Waals surface area (Å²) in [6, 6.07) is 6.43. The summed E-state index contributed by atoms with van der Waals surface area (Å²) in [5, 5.41) is 3.39. The molecule has 0 unspecified atom stereocenters. The smallest absolute Gasteiger partial charge is 0.0178 e. The van der Waals surface area contributed by atoms with Crippen LogP contribution in [0.3, 0.4) is 0 Å². The predicted octanol–water partition coefficient (Wildman–Crippen LogP) is 2.24. The second-order valence-corrected chi connectivity index (χ2v) is 4.63. The van der Waals surface area contributed by atoms with Crippen molar-refractivity contribution in [3.63, 3.8) is 0 Å². The van der Waals surface area contributed by atoms with Crippen molar-refractivity contribution >= 4 is 15.9 Å². The lowest BCUT2D eigenvalue weighted by Gasteiger charge is -2.07. The van der Waals surface area contributed by atoms with Gasteiger partial charge in [-0.2, -0.15) is 0 Å². The molecule has 0 aliphatic heterocycles. The molecule has 3 N–H and O–H groups in total. The average molecular weight is 271 g/mol. The van der Waals surface area contributed by atoms with E-state index in [4.69, 9.17) is 5.73 Å². The molecule has 0 fully saturated rings. The van der Waals surface area contributed by atoms with Gasteiger partial charge in [0.2, 0.25) is 0 Å². The van der Waals surface area contributed by atoms with Gasteiger partial charge < -0.3 is 11.1 Å². The number of aryl methyl sites for hydroxylation is 1. The molecule has 1 aromatic carbocycles. The Morgan fingerprint density at radius 3 is 2.87 bits per heavy atom. The lowest BCUT2D eigenvalue weighted by atomic mass is 10.1. The van der Waals surface area contributed by atoms with E-state index in [-0.39, 0.29) is 0 Å². The molecule has 15 heavy (non-hydrogen) atoms. The van der Waals surface area contributed by atoms with E-state index in [0.717, 1.165) is 36.9 Å². The summed E-state index contributed by atoms with van der Waals surface area (Å²) >= 11 is 3.49. The highest BCUT2D eigenvalue weighted by Gasteiger charge is 1.98. The van der Waals surface area contributed by atoms with Crippen LogP contribution in [0.25, 0.3) is 0 Å². The maximum Gasteiger partial charge on any atom is 0.0178 e. The van der Waals surface area contributed by atoms with Gasteiger partial charge in [-0.1, -0.05) is 22.0 Å². The maximum atomic E-state index is 5.42. The summed E-state index contributed by atoms with van der Waals surface area (Å²) in [5.41, 5.74) is 8.19. The average Bonchev–Trinajstić information content (AvgIpc) is 2.23. The van der Waals surface area contributed by atoms with E-state index in [1.54, 1.807) is 0 Å². The van der Waals surface area contributed by atoms with Crippen molar-refractivity contribution in [2.24, 2.45) is 5.73 Å². The minimum atomic E-state index is 0.767. The molecule has 0 amide bonds. The standard InChI is InChI=1S/C12H19BrN2/c1-10-3-4-12(13)9-11(10)5-8-15-7-2-6-14/h3-4,9,15H,2,5-8,14H2,1H3. The number of halogens is 1. The molecule has 0 heterocycles. The SMILES string of the molecule is Cc1ccc(Br)cc1CCNCCCN. The Balaban J connectivity index is 2.33. The summed E-state index contributed by atoms with van der Waals surface area (Å²) in [4.78, 5) is 0. The van der Waals surface area contributed by atoms with Gasteiger partial charge in [-0.05, 0) is 62.7 Å². The van der Waals surface area contributed by atoms with Crippen molar-refractivity contribution in [3.05, 3.63) is 33.8 Å². The first-order valence-electron chi connectivity index (χ1n) is 5.40. The fraction of sp³-hybridized carbons (Fsp3) is 0.500. The first-order valence-corrected chi connectivity index (χ1v) is 6.19. The number of benzene rings is 1. The molecule has 2 nitrogen and oxygen atoms in total. The predicted molar refractivity (Wildman–Crippen MR) is 69.1 cm³/mol. The van der Waals surface area contributed by atoms with Crippen molar-refractivity contribution in [1.82, 2.24) is 5.32 Å². The second-order valence-electron chi connectivity index (χ2n) is 3.71. The van der Waals surface area contributed by atoms with Crippen molar-refractivity contribution in [2.45, 2.75) is 19.8 Å². The molecule has 0 aromatic heterocycles. The van der Waals surface area contributed by atoms with Crippen LogP contribution in [-0.4, -0.2) is 19.6 Å². The fourth-order valence-corrected chi connectivity index (χ4v) is 1.89. The quantitative estimate of drug-likeness (QED) is 0.779. The minimum Gasteiger partial charge on any atom is -0.330 e. The first kappa shape index (κ1) is 12.7. The Morgan fingerprint density at radius 2 is 2.13 bits per heavy atom. The summed E-state index contributed by atoms with van der Waals surface area (Å²) in [5.74, 6) is 0. The van der Waals surface area contributed by atoms with E-state index >= 15 is 0 Å². The Bertz CT molecular complexity index is 300. The van der Waals surface area contributed by atoms with Gasteiger partial charge in [0.05, 0.1) is 0 Å². The molecule has 1 rings (SSSR count). The van der Waals surface area contributed by atoms with Crippen LogP contribution in [0.5, 0.6) is 0 Å². The fourth-order valence-electron chi connectivity index (χ4n) is 1.48.